The molecule has 0 fully saturated rings. The summed E-state index contributed by atoms with van der Waals surface area (Å²) in [4.78, 5) is 33.2. The van der Waals surface area contributed by atoms with E-state index in [0.29, 0.717) is 11.5 Å². The number of fused-ring (bicyclic) bond motifs is 2. The highest BCUT2D eigenvalue weighted by Crippen LogP contribution is 2.53. The summed E-state index contributed by atoms with van der Waals surface area (Å²) < 4.78 is 14.0. The molecule has 0 bridgehead atoms. The molecule has 6 rings (SSSR count). The van der Waals surface area contributed by atoms with E-state index in [1.165, 1.54) is 168 Å². The Morgan fingerprint density at radius 1 is 0.491 bits per heavy atom. The van der Waals surface area contributed by atoms with Crippen molar-refractivity contribution in [2.75, 3.05) is 0 Å². The highest BCUT2D eigenvalue weighted by atomic mass is 32.1. The number of ether oxygens (including phenoxy) is 2. The maximum absolute atomic E-state index is 12.8. The number of cyclic esters (lactones) is 2. The number of carbonyl (C=O) groups is 2. The fourth-order valence-electron chi connectivity index (χ4n) is 8.24. The molecule has 0 aliphatic carbocycles. The summed E-state index contributed by atoms with van der Waals surface area (Å²) in [5.74, 6) is -0.318. The summed E-state index contributed by atoms with van der Waals surface area (Å²) in [7, 11) is 0. The second kappa shape index (κ2) is 21.1. The van der Waals surface area contributed by atoms with Crippen molar-refractivity contribution in [1.29, 1.82) is 0 Å². The summed E-state index contributed by atoms with van der Waals surface area (Å²) in [6, 6.07) is 8.93. The van der Waals surface area contributed by atoms with Crippen LogP contribution >= 0.6 is 45.3 Å². The zero-order valence-corrected chi connectivity index (χ0v) is 38.9. The topological polar surface area (TPSA) is 52.6 Å². The zero-order chi connectivity index (χ0) is 40.4. The quantitative estimate of drug-likeness (QED) is 0.0492. The maximum Gasteiger partial charge on any atom is 0.348 e. The van der Waals surface area contributed by atoms with Gasteiger partial charge >= 0.3 is 11.9 Å². The van der Waals surface area contributed by atoms with Crippen LogP contribution in [0.2, 0.25) is 0 Å². The number of aryl methyl sites for hydroxylation is 2. The van der Waals surface area contributed by atoms with Crippen LogP contribution in [0.5, 0.6) is 0 Å². The Kier molecular flexibility index (Phi) is 16.3. The molecular formula is C49H66O4S4. The van der Waals surface area contributed by atoms with Crippen LogP contribution in [0.3, 0.4) is 0 Å². The van der Waals surface area contributed by atoms with Gasteiger partial charge in [0.1, 0.15) is 16.9 Å². The molecule has 0 atom stereocenters. The Morgan fingerprint density at radius 2 is 0.912 bits per heavy atom. The van der Waals surface area contributed by atoms with Gasteiger partial charge in [0, 0.05) is 33.8 Å². The largest absolute Gasteiger partial charge is 0.427 e. The molecule has 0 N–H and O–H groups in total. The van der Waals surface area contributed by atoms with Crippen molar-refractivity contribution >= 4 is 72.4 Å². The van der Waals surface area contributed by atoms with Crippen LogP contribution in [0.25, 0.3) is 34.7 Å². The van der Waals surface area contributed by atoms with Crippen molar-refractivity contribution in [3.8, 4) is 19.5 Å². The van der Waals surface area contributed by atoms with E-state index in [9.17, 15) is 9.59 Å². The van der Waals surface area contributed by atoms with Gasteiger partial charge in [-0.15, -0.1) is 45.3 Å². The van der Waals surface area contributed by atoms with Crippen molar-refractivity contribution in [2.45, 2.75) is 188 Å². The third kappa shape index (κ3) is 11.0. The van der Waals surface area contributed by atoms with Gasteiger partial charge in [0.05, 0.1) is 4.88 Å². The molecule has 8 heteroatoms. The van der Waals surface area contributed by atoms with Crippen LogP contribution < -0.4 is 0 Å². The van der Waals surface area contributed by atoms with E-state index >= 15 is 0 Å². The molecule has 0 aromatic carbocycles. The monoisotopic (exact) mass is 846 g/mol. The van der Waals surface area contributed by atoms with Gasteiger partial charge in [0.25, 0.3) is 0 Å². The molecule has 4 aromatic rings. The molecule has 0 spiro atoms. The minimum Gasteiger partial charge on any atom is -0.427 e. The Bertz CT molecular complexity index is 2020. The molecule has 57 heavy (non-hydrogen) atoms. The van der Waals surface area contributed by atoms with Crippen molar-refractivity contribution in [3.63, 3.8) is 0 Å². The third-order valence-electron chi connectivity index (χ3n) is 11.6. The minimum atomic E-state index is -0.496. The summed E-state index contributed by atoms with van der Waals surface area (Å²) >= 11 is 7.61. The van der Waals surface area contributed by atoms with Gasteiger partial charge in [-0.25, -0.2) is 9.59 Å². The smallest absolute Gasteiger partial charge is 0.348 e. The highest BCUT2D eigenvalue weighted by Gasteiger charge is 2.44. The molecule has 2 aliphatic heterocycles. The molecule has 0 amide bonds. The van der Waals surface area contributed by atoms with Gasteiger partial charge < -0.3 is 9.47 Å². The van der Waals surface area contributed by atoms with Crippen molar-refractivity contribution in [3.05, 3.63) is 62.1 Å². The van der Waals surface area contributed by atoms with Crippen LogP contribution in [-0.2, 0) is 37.3 Å². The normalized spacial score (nSPS) is 14.5. The first kappa shape index (κ1) is 44.0. The predicted molar refractivity (Wildman–Crippen MR) is 248 cm³/mol. The Hall–Kier alpha value is -2.52. The number of allylic oxidation sites excluding steroid dienone is 1. The average Bonchev–Trinajstić information content (AvgIpc) is 4.03. The molecular weight excluding hydrogens is 781 g/mol. The van der Waals surface area contributed by atoms with Gasteiger partial charge in [-0.1, -0.05) is 150 Å². The van der Waals surface area contributed by atoms with E-state index < -0.39 is 11.9 Å². The Balaban J connectivity index is 1.27. The summed E-state index contributed by atoms with van der Waals surface area (Å²) in [6.45, 7) is 13.2. The van der Waals surface area contributed by atoms with Crippen molar-refractivity contribution < 1.29 is 19.1 Å². The predicted octanol–water partition coefficient (Wildman–Crippen LogP) is 16.7. The van der Waals surface area contributed by atoms with E-state index in [1.54, 1.807) is 23.8 Å². The fourth-order valence-corrected chi connectivity index (χ4v) is 13.6. The number of carbonyl (C=O) groups excluding carboxylic acids is 2. The lowest BCUT2D eigenvalue weighted by molar-refractivity contribution is -0.133. The first-order valence-electron chi connectivity index (χ1n) is 22.3. The van der Waals surface area contributed by atoms with Crippen LogP contribution in [0.15, 0.2) is 41.2 Å². The highest BCUT2D eigenvalue weighted by molar-refractivity contribution is 7.34. The van der Waals surface area contributed by atoms with Gasteiger partial charge in [0.2, 0.25) is 0 Å². The Morgan fingerprint density at radius 3 is 1.39 bits per heavy atom. The fraction of sp³-hybridized carbons (Fsp3) is 0.592. The van der Waals surface area contributed by atoms with Crippen molar-refractivity contribution in [2.24, 2.45) is 0 Å². The number of esters is 2. The lowest BCUT2D eigenvalue weighted by atomic mass is 9.95. The minimum absolute atomic E-state index is 0.132. The number of thiophene rings is 4. The van der Waals surface area contributed by atoms with E-state index in [-0.39, 0.29) is 16.6 Å². The van der Waals surface area contributed by atoms with E-state index in [4.69, 9.17) is 9.47 Å². The number of hydrogen-bond donors (Lipinski definition) is 0. The molecule has 4 nitrogen and oxygen atoms in total. The van der Waals surface area contributed by atoms with Gasteiger partial charge in [-0.3, -0.25) is 0 Å². The third-order valence-corrected chi connectivity index (χ3v) is 17.2. The molecule has 0 radical (unpaired) electrons. The van der Waals surface area contributed by atoms with E-state index in [2.05, 4.69) is 52.8 Å². The lowest BCUT2D eigenvalue weighted by Gasteiger charge is -2.15. The van der Waals surface area contributed by atoms with Crippen LogP contribution in [0.1, 0.15) is 191 Å². The van der Waals surface area contributed by atoms with Gasteiger partial charge in [0.15, 0.2) is 5.76 Å². The van der Waals surface area contributed by atoms with E-state index in [1.807, 2.05) is 40.1 Å². The van der Waals surface area contributed by atoms with Gasteiger partial charge in [-0.2, -0.15) is 0 Å². The number of unbranched alkanes of at least 4 members (excludes halogenated alkanes) is 18. The SMILES string of the molecule is CCCCCCCCCCCCc1c(-c2ccc(C3=C4C(=O)OC(C)=C4C(=O)O3)s2)sc2c(CCCCCCCCCCCC)c(-c3ccc(C(C)(C)C)s3)sc12. The van der Waals surface area contributed by atoms with Gasteiger partial charge in [-0.05, 0) is 73.4 Å². The van der Waals surface area contributed by atoms with Crippen LogP contribution in [0.4, 0.5) is 0 Å². The first-order chi connectivity index (χ1) is 27.6. The number of hydrogen-bond acceptors (Lipinski definition) is 8. The second-order valence-electron chi connectivity index (χ2n) is 17.3. The molecule has 4 aromatic heterocycles. The summed E-state index contributed by atoms with van der Waals surface area (Å²) in [6.07, 6.45) is 28.9. The zero-order valence-electron chi connectivity index (χ0n) is 35.6. The maximum atomic E-state index is 12.8. The standard InChI is InChI=1S/C49H66O4S4/c1-7-9-11-13-15-17-19-21-23-25-27-34-43(37-30-29-36(54-37)42-41-40(47(50)53-42)33(3)52-48(41)51)56-46-35(28-26-24-22-20-18-16-14-12-10-8-2)44(57-45(34)46)38-31-32-39(55-38)49(4,5)6/h29-32H,7-28H2,1-6H3. The second-order valence-corrected chi connectivity index (χ2v) is 21.5. The van der Waals surface area contributed by atoms with Crippen molar-refractivity contribution in [1.82, 2.24) is 0 Å². The van der Waals surface area contributed by atoms with Crippen LogP contribution in [-0.4, -0.2) is 11.9 Å². The molecule has 310 valence electrons. The summed E-state index contributed by atoms with van der Waals surface area (Å²) in [5.41, 5.74) is 3.71. The molecule has 0 unspecified atom stereocenters. The first-order valence-corrected chi connectivity index (χ1v) is 25.6. The molecule has 6 heterocycles. The number of rotatable bonds is 25. The lowest BCUT2D eigenvalue weighted by Crippen LogP contribution is -2.07. The summed E-state index contributed by atoms with van der Waals surface area (Å²) in [5, 5.41) is 0. The molecule has 0 saturated heterocycles. The van der Waals surface area contributed by atoms with Crippen LogP contribution in [0, 0.1) is 0 Å². The Labute approximate surface area is 359 Å². The molecule has 2 aliphatic rings. The average molecular weight is 847 g/mol. The van der Waals surface area contributed by atoms with E-state index in [0.717, 1.165) is 17.7 Å². The molecule has 0 saturated carbocycles.